The van der Waals surface area contributed by atoms with Crippen molar-refractivity contribution in [3.05, 3.63) is 48.0 Å². The molecule has 0 spiro atoms. The number of carbonyl (C=O) groups excluding carboxylic acids is 1. The van der Waals surface area contributed by atoms with Crippen molar-refractivity contribution in [2.45, 2.75) is 25.2 Å². The number of benzene rings is 1. The molecule has 2 heterocycles. The van der Waals surface area contributed by atoms with Gasteiger partial charge in [-0.05, 0) is 42.7 Å². The van der Waals surface area contributed by atoms with Gasteiger partial charge in [-0.1, -0.05) is 18.2 Å². The van der Waals surface area contributed by atoms with Gasteiger partial charge in [0.25, 0.3) is 5.88 Å². The Hall–Kier alpha value is -2.70. The molecule has 0 bridgehead atoms. The van der Waals surface area contributed by atoms with Crippen LogP contribution in [-0.2, 0) is 4.79 Å². The molecule has 1 aromatic heterocycles. The second-order valence-corrected chi connectivity index (χ2v) is 7.53. The van der Waals surface area contributed by atoms with E-state index in [-0.39, 0.29) is 23.6 Å². The molecule has 6 nitrogen and oxygen atoms in total. The number of aromatic nitrogens is 2. The summed E-state index contributed by atoms with van der Waals surface area (Å²) in [5.74, 6) is 1.56. The minimum atomic E-state index is -0.202. The Morgan fingerprint density at radius 1 is 1.25 bits per heavy atom. The number of ether oxygens (including phenoxy) is 1. The molecule has 2 fully saturated rings. The number of methoxy groups -OCH3 is 1. The third kappa shape index (κ3) is 3.93. The van der Waals surface area contributed by atoms with Crippen molar-refractivity contribution in [3.8, 4) is 5.88 Å². The van der Waals surface area contributed by atoms with Crippen molar-refractivity contribution >= 4 is 11.7 Å². The van der Waals surface area contributed by atoms with Crippen LogP contribution in [0.15, 0.2) is 36.7 Å². The summed E-state index contributed by atoms with van der Waals surface area (Å²) in [6.07, 6.45) is 5.87. The minimum absolute atomic E-state index is 0.0391. The Bertz CT molecular complexity index is 839. The van der Waals surface area contributed by atoms with Crippen molar-refractivity contribution in [2.75, 3.05) is 32.1 Å². The molecule has 2 aliphatic rings. The number of nitrogens with one attached hydrogen (secondary N) is 1. The zero-order valence-corrected chi connectivity index (χ0v) is 16.0. The monoisotopic (exact) mass is 384 g/mol. The summed E-state index contributed by atoms with van der Waals surface area (Å²) in [7, 11) is 1.58. The Balaban J connectivity index is 1.25. The topological polar surface area (TPSA) is 67.4 Å². The molecule has 2 atom stereocenters. The number of piperidine rings is 1. The highest BCUT2D eigenvalue weighted by atomic mass is 19.1. The second-order valence-electron chi connectivity index (χ2n) is 7.53. The third-order valence-electron chi connectivity index (χ3n) is 5.75. The van der Waals surface area contributed by atoms with Gasteiger partial charge in [0, 0.05) is 37.9 Å². The van der Waals surface area contributed by atoms with Crippen LogP contribution in [0.25, 0.3) is 0 Å². The van der Waals surface area contributed by atoms with Gasteiger partial charge in [-0.25, -0.2) is 14.4 Å². The third-order valence-corrected chi connectivity index (χ3v) is 5.75. The molecular weight excluding hydrogens is 359 g/mol. The summed E-state index contributed by atoms with van der Waals surface area (Å²) in [6.45, 7) is 2.28. The van der Waals surface area contributed by atoms with E-state index in [2.05, 4.69) is 15.3 Å². The lowest BCUT2D eigenvalue weighted by Crippen LogP contribution is -2.40. The van der Waals surface area contributed by atoms with Crippen LogP contribution in [0.2, 0.25) is 0 Å². The quantitative estimate of drug-likeness (QED) is 0.829. The first kappa shape index (κ1) is 18.7. The molecular formula is C21H25FN4O2. The van der Waals surface area contributed by atoms with Crippen molar-refractivity contribution in [1.29, 1.82) is 0 Å². The molecule has 0 radical (unpaired) electrons. The Morgan fingerprint density at radius 2 is 2.00 bits per heavy atom. The maximum atomic E-state index is 13.9. The lowest BCUT2D eigenvalue weighted by molar-refractivity contribution is -0.134. The Labute approximate surface area is 164 Å². The minimum Gasteiger partial charge on any atom is -0.478 e. The Kier molecular flexibility index (Phi) is 5.41. The van der Waals surface area contributed by atoms with Gasteiger partial charge in [-0.15, -0.1) is 0 Å². The van der Waals surface area contributed by atoms with Crippen LogP contribution in [0.4, 0.5) is 10.2 Å². The fourth-order valence-corrected chi connectivity index (χ4v) is 4.02. The number of carbonyl (C=O) groups is 1. The first-order chi connectivity index (χ1) is 13.7. The van der Waals surface area contributed by atoms with E-state index in [0.29, 0.717) is 23.2 Å². The number of amides is 1. The Morgan fingerprint density at radius 3 is 2.75 bits per heavy atom. The van der Waals surface area contributed by atoms with Crippen LogP contribution < -0.4 is 10.1 Å². The van der Waals surface area contributed by atoms with E-state index < -0.39 is 0 Å². The van der Waals surface area contributed by atoms with Crippen LogP contribution in [0.5, 0.6) is 5.88 Å². The van der Waals surface area contributed by atoms with Gasteiger partial charge in [0.15, 0.2) is 5.82 Å². The molecule has 0 unspecified atom stereocenters. The number of halogens is 1. The number of rotatable bonds is 6. The van der Waals surface area contributed by atoms with Crippen LogP contribution >= 0.6 is 0 Å². The van der Waals surface area contributed by atoms with E-state index in [1.165, 1.54) is 6.07 Å². The molecule has 28 heavy (non-hydrogen) atoms. The second kappa shape index (κ2) is 8.12. The highest BCUT2D eigenvalue weighted by Gasteiger charge is 2.47. The summed E-state index contributed by atoms with van der Waals surface area (Å²) in [4.78, 5) is 23.1. The lowest BCUT2D eigenvalue weighted by atomic mass is 9.96. The summed E-state index contributed by atoms with van der Waals surface area (Å²) in [5.41, 5.74) is 0.679. The van der Waals surface area contributed by atoms with Gasteiger partial charge in [0.1, 0.15) is 5.82 Å². The van der Waals surface area contributed by atoms with Crippen LogP contribution in [0.1, 0.15) is 30.7 Å². The van der Waals surface area contributed by atoms with Gasteiger partial charge in [0.2, 0.25) is 5.91 Å². The molecule has 1 aromatic carbocycles. The molecule has 4 rings (SSSR count). The molecule has 1 aliphatic heterocycles. The standard InChI is InChI=1S/C21H25FN4O2/c1-28-20-19(23-8-9-24-20)25-13-14-6-10-26(11-7-14)21(27)17-12-16(17)15-4-2-3-5-18(15)22/h2-5,8-9,14,16-17H,6-7,10-13H2,1H3,(H,23,25)/t16-,17+/m0/s1. The largest absolute Gasteiger partial charge is 0.478 e. The maximum Gasteiger partial charge on any atom is 0.257 e. The van der Waals surface area contributed by atoms with Crippen LogP contribution in [0.3, 0.4) is 0 Å². The maximum absolute atomic E-state index is 13.9. The van der Waals surface area contributed by atoms with Gasteiger partial charge in [0.05, 0.1) is 7.11 Å². The van der Waals surface area contributed by atoms with Gasteiger partial charge in [-0.2, -0.15) is 0 Å². The summed E-state index contributed by atoms with van der Waals surface area (Å²) < 4.78 is 19.1. The number of anilines is 1. The molecule has 2 aromatic rings. The van der Waals surface area contributed by atoms with E-state index in [4.69, 9.17) is 4.74 Å². The van der Waals surface area contributed by atoms with E-state index in [9.17, 15) is 9.18 Å². The van der Waals surface area contributed by atoms with E-state index >= 15 is 0 Å². The fourth-order valence-electron chi connectivity index (χ4n) is 4.02. The number of hydrogen-bond donors (Lipinski definition) is 1. The molecule has 148 valence electrons. The number of nitrogens with zero attached hydrogens (tertiary/aromatic N) is 3. The van der Waals surface area contributed by atoms with Gasteiger partial charge in [-0.3, -0.25) is 4.79 Å². The zero-order valence-electron chi connectivity index (χ0n) is 16.0. The van der Waals surface area contributed by atoms with E-state index in [1.807, 2.05) is 11.0 Å². The van der Waals surface area contributed by atoms with E-state index in [0.717, 1.165) is 38.9 Å². The van der Waals surface area contributed by atoms with Crippen molar-refractivity contribution in [3.63, 3.8) is 0 Å². The number of likely N-dealkylation sites (tertiary alicyclic amines) is 1. The van der Waals surface area contributed by atoms with Crippen LogP contribution in [0, 0.1) is 17.7 Å². The smallest absolute Gasteiger partial charge is 0.257 e. The number of hydrogen-bond acceptors (Lipinski definition) is 5. The van der Waals surface area contributed by atoms with Gasteiger partial charge >= 0.3 is 0 Å². The summed E-state index contributed by atoms with van der Waals surface area (Å²) in [5, 5.41) is 3.30. The average Bonchev–Trinajstić information content (AvgIpc) is 3.53. The zero-order chi connectivity index (χ0) is 19.5. The van der Waals surface area contributed by atoms with Gasteiger partial charge < -0.3 is 15.0 Å². The fraction of sp³-hybridized carbons (Fsp3) is 0.476. The molecule has 7 heteroatoms. The summed E-state index contributed by atoms with van der Waals surface area (Å²) in [6, 6.07) is 6.79. The van der Waals surface area contributed by atoms with Crippen molar-refractivity contribution < 1.29 is 13.9 Å². The normalized spacial score (nSPS) is 22.0. The molecule has 1 saturated carbocycles. The van der Waals surface area contributed by atoms with Crippen molar-refractivity contribution in [1.82, 2.24) is 14.9 Å². The average molecular weight is 384 g/mol. The predicted molar refractivity (Wildman–Crippen MR) is 104 cm³/mol. The van der Waals surface area contributed by atoms with E-state index in [1.54, 1.807) is 31.6 Å². The van der Waals surface area contributed by atoms with Crippen molar-refractivity contribution in [2.24, 2.45) is 11.8 Å². The predicted octanol–water partition coefficient (Wildman–Crippen LogP) is 3.08. The first-order valence-electron chi connectivity index (χ1n) is 9.79. The first-order valence-corrected chi connectivity index (χ1v) is 9.79. The SMILES string of the molecule is COc1nccnc1NCC1CCN(C(=O)[C@@H]2C[C@H]2c2ccccc2F)CC1. The molecule has 1 saturated heterocycles. The lowest BCUT2D eigenvalue weighted by Gasteiger charge is -2.32. The highest BCUT2D eigenvalue weighted by molar-refractivity contribution is 5.83. The molecule has 1 amide bonds. The molecule has 1 N–H and O–H groups in total. The molecule has 1 aliphatic carbocycles. The highest BCUT2D eigenvalue weighted by Crippen LogP contribution is 2.49. The summed E-state index contributed by atoms with van der Waals surface area (Å²) >= 11 is 0. The van der Waals surface area contributed by atoms with Crippen LogP contribution in [-0.4, -0.2) is 47.5 Å².